The van der Waals surface area contributed by atoms with Crippen molar-refractivity contribution < 1.29 is 32.0 Å². The lowest BCUT2D eigenvalue weighted by atomic mass is 9.76. The summed E-state index contributed by atoms with van der Waals surface area (Å²) >= 11 is 0. The first-order valence-electron chi connectivity index (χ1n) is 11.2. The number of carbonyl (C=O) groups excluding carboxylic acids is 1. The molecule has 0 heterocycles. The van der Waals surface area contributed by atoms with Crippen molar-refractivity contribution in [1.82, 2.24) is 0 Å². The third-order valence-electron chi connectivity index (χ3n) is 5.45. The maximum atomic E-state index is 13.8. The third-order valence-corrected chi connectivity index (χ3v) is 11.5. The van der Waals surface area contributed by atoms with Crippen LogP contribution >= 0.6 is 15.2 Å². The van der Waals surface area contributed by atoms with Gasteiger partial charge in [-0.2, -0.15) is 0 Å². The smallest absolute Gasteiger partial charge is 0.308 e. The molecule has 176 valence electrons. The van der Waals surface area contributed by atoms with Gasteiger partial charge >= 0.3 is 15.2 Å². The van der Waals surface area contributed by atoms with Crippen LogP contribution in [-0.2, 0) is 32.0 Å². The van der Waals surface area contributed by atoms with Crippen LogP contribution in [0.3, 0.4) is 0 Å². The maximum absolute atomic E-state index is 13.8. The van der Waals surface area contributed by atoms with Crippen molar-refractivity contribution in [2.24, 2.45) is 5.92 Å². The van der Waals surface area contributed by atoms with Gasteiger partial charge in [0.05, 0.1) is 26.4 Å². The minimum absolute atomic E-state index is 0.0709. The van der Waals surface area contributed by atoms with Crippen LogP contribution in [0, 0.1) is 5.92 Å². The Bertz CT molecular complexity index is 733. The van der Waals surface area contributed by atoms with E-state index >= 15 is 0 Å². The molecule has 1 aromatic rings. The Labute approximate surface area is 186 Å². The average Bonchev–Trinajstić information content (AvgIpc) is 2.74. The number of hydrogen-bond donors (Lipinski definition) is 0. The van der Waals surface area contributed by atoms with E-state index < -0.39 is 26.5 Å². The van der Waals surface area contributed by atoms with Gasteiger partial charge in [0.15, 0.2) is 5.40 Å². The number of rotatable bonds is 13. The minimum Gasteiger partial charge on any atom is -0.308 e. The van der Waals surface area contributed by atoms with E-state index in [2.05, 4.69) is 0 Å². The molecule has 0 bridgehead atoms. The van der Waals surface area contributed by atoms with Crippen LogP contribution in [0.4, 0.5) is 0 Å². The summed E-state index contributed by atoms with van der Waals surface area (Å²) in [5.74, 6) is -0.577. The van der Waals surface area contributed by atoms with E-state index in [0.717, 1.165) is 18.4 Å². The largest absolute Gasteiger partial charge is 0.345 e. The molecule has 2 atom stereocenters. The molecule has 7 nitrogen and oxygen atoms in total. The first-order valence-corrected chi connectivity index (χ1v) is 14.4. The Hall–Kier alpha value is -0.810. The number of benzene rings is 1. The Kier molecular flexibility index (Phi) is 10.6. The van der Waals surface area contributed by atoms with Crippen LogP contribution in [0.2, 0.25) is 0 Å². The van der Waals surface area contributed by atoms with Crippen molar-refractivity contribution in [3.63, 3.8) is 0 Å². The molecule has 0 N–H and O–H groups in total. The van der Waals surface area contributed by atoms with Crippen LogP contribution < -0.4 is 0 Å². The number of ketones is 1. The van der Waals surface area contributed by atoms with Crippen LogP contribution in [-0.4, -0.2) is 37.6 Å². The van der Waals surface area contributed by atoms with Gasteiger partial charge in [-0.25, -0.2) is 0 Å². The van der Waals surface area contributed by atoms with Crippen molar-refractivity contribution in [2.75, 3.05) is 26.4 Å². The summed E-state index contributed by atoms with van der Waals surface area (Å²) in [6.07, 6.45) is 2.34. The van der Waals surface area contributed by atoms with Gasteiger partial charge in [0.1, 0.15) is 5.78 Å². The summed E-state index contributed by atoms with van der Waals surface area (Å²) in [7, 11) is -7.72. The third kappa shape index (κ3) is 6.60. The molecule has 1 aromatic carbocycles. The lowest BCUT2D eigenvalue weighted by Crippen LogP contribution is -2.31. The normalized spacial score (nSPS) is 20.4. The molecule has 1 aliphatic carbocycles. The second-order valence-corrected chi connectivity index (χ2v) is 12.3. The fourth-order valence-electron chi connectivity index (χ4n) is 4.21. The SMILES string of the molecule is CCOP(=O)(OCC)C(C[C@@H]1CCCC(c2ccccc2)C1=O)P(=O)(OCC)OCC. The number of hydrogen-bond acceptors (Lipinski definition) is 7. The molecule has 0 spiro atoms. The average molecular weight is 474 g/mol. The summed E-state index contributed by atoms with van der Waals surface area (Å²) < 4.78 is 49.7. The highest BCUT2D eigenvalue weighted by atomic mass is 31.2. The first kappa shape index (κ1) is 26.4. The van der Waals surface area contributed by atoms with E-state index in [1.54, 1.807) is 27.7 Å². The Morgan fingerprint density at radius 1 is 0.839 bits per heavy atom. The van der Waals surface area contributed by atoms with Gasteiger partial charge in [-0.3, -0.25) is 13.9 Å². The van der Waals surface area contributed by atoms with E-state index in [1.165, 1.54) is 0 Å². The standard InChI is InChI=1S/C22H36O7P2/c1-5-26-30(24,27-6-2)21(31(25,28-7-3)29-8-4)17-19-15-12-16-20(22(19)23)18-13-10-9-11-14-18/h9-11,13-14,19-21H,5-8,12,15-17H2,1-4H3/t19-,20?/m0/s1. The van der Waals surface area contributed by atoms with Gasteiger partial charge in [-0.15, -0.1) is 0 Å². The van der Waals surface area contributed by atoms with E-state index in [1.807, 2.05) is 30.3 Å². The van der Waals surface area contributed by atoms with E-state index in [0.29, 0.717) is 6.42 Å². The van der Waals surface area contributed by atoms with Gasteiger partial charge in [-0.1, -0.05) is 36.8 Å². The fourth-order valence-corrected chi connectivity index (χ4v) is 9.70. The number of carbonyl (C=O) groups is 1. The van der Waals surface area contributed by atoms with E-state index in [9.17, 15) is 13.9 Å². The minimum atomic E-state index is -3.86. The lowest BCUT2D eigenvalue weighted by molar-refractivity contribution is -0.126. The topological polar surface area (TPSA) is 88.1 Å². The predicted octanol–water partition coefficient (Wildman–Crippen LogP) is 6.39. The second kappa shape index (κ2) is 12.4. The van der Waals surface area contributed by atoms with Crippen molar-refractivity contribution in [3.05, 3.63) is 35.9 Å². The molecule has 0 saturated heterocycles. The van der Waals surface area contributed by atoms with Crippen molar-refractivity contribution in [1.29, 1.82) is 0 Å². The molecular formula is C22H36O7P2. The number of Topliss-reactive ketones (excluding diaryl/α,β-unsaturated/α-hetero) is 1. The summed E-state index contributed by atoms with van der Waals surface area (Å²) in [6, 6.07) is 9.68. The van der Waals surface area contributed by atoms with E-state index in [-0.39, 0.29) is 44.5 Å². The molecule has 1 saturated carbocycles. The van der Waals surface area contributed by atoms with Crippen LogP contribution in [0.5, 0.6) is 0 Å². The van der Waals surface area contributed by atoms with Gasteiger partial charge in [0.25, 0.3) is 0 Å². The van der Waals surface area contributed by atoms with Gasteiger partial charge in [0, 0.05) is 11.8 Å². The van der Waals surface area contributed by atoms with Crippen molar-refractivity contribution >= 4 is 21.0 Å². The Morgan fingerprint density at radius 3 is 1.77 bits per heavy atom. The van der Waals surface area contributed by atoms with Crippen molar-refractivity contribution in [3.8, 4) is 0 Å². The summed E-state index contributed by atoms with van der Waals surface area (Å²) in [6.45, 7) is 7.29. The maximum Gasteiger partial charge on any atom is 0.345 e. The Balaban J connectivity index is 2.40. The van der Waals surface area contributed by atoms with Crippen LogP contribution in [0.15, 0.2) is 30.3 Å². The molecule has 0 aromatic heterocycles. The molecule has 1 fully saturated rings. The van der Waals surface area contributed by atoms with Gasteiger partial charge in [0.2, 0.25) is 0 Å². The van der Waals surface area contributed by atoms with Gasteiger partial charge < -0.3 is 18.1 Å². The Morgan fingerprint density at radius 2 is 1.32 bits per heavy atom. The lowest BCUT2D eigenvalue weighted by Gasteiger charge is -2.35. The molecule has 1 unspecified atom stereocenters. The molecule has 1 aliphatic rings. The molecule has 9 heteroatoms. The van der Waals surface area contributed by atoms with E-state index in [4.69, 9.17) is 18.1 Å². The first-order chi connectivity index (χ1) is 14.8. The molecule has 31 heavy (non-hydrogen) atoms. The molecule has 0 radical (unpaired) electrons. The highest BCUT2D eigenvalue weighted by Gasteiger charge is 2.52. The summed E-state index contributed by atoms with van der Waals surface area (Å²) in [5, 5.41) is -1.15. The molecule has 0 amide bonds. The van der Waals surface area contributed by atoms with Crippen LogP contribution in [0.1, 0.15) is 64.9 Å². The van der Waals surface area contributed by atoms with Crippen molar-refractivity contribution in [2.45, 2.75) is 64.7 Å². The molecule has 2 rings (SSSR count). The zero-order valence-corrected chi connectivity index (χ0v) is 20.8. The molecule has 0 aliphatic heterocycles. The highest BCUT2D eigenvalue weighted by molar-refractivity contribution is 7.72. The zero-order valence-electron chi connectivity index (χ0n) is 19.0. The van der Waals surface area contributed by atoms with Crippen LogP contribution in [0.25, 0.3) is 0 Å². The molecular weight excluding hydrogens is 438 g/mol. The van der Waals surface area contributed by atoms with Gasteiger partial charge in [-0.05, 0) is 52.5 Å². The summed E-state index contributed by atoms with van der Waals surface area (Å²) in [4.78, 5) is 13.4. The quantitative estimate of drug-likeness (QED) is 0.306. The zero-order chi connectivity index (χ0) is 22.9. The highest BCUT2D eigenvalue weighted by Crippen LogP contribution is 2.72. The second-order valence-electron chi connectivity index (χ2n) is 7.46. The monoisotopic (exact) mass is 474 g/mol. The fraction of sp³-hybridized carbons (Fsp3) is 0.682. The predicted molar refractivity (Wildman–Crippen MR) is 122 cm³/mol. The summed E-state index contributed by atoms with van der Waals surface area (Å²) in [5.41, 5.74) is 0.976.